The van der Waals surface area contributed by atoms with Gasteiger partial charge in [0.1, 0.15) is 5.82 Å². The minimum absolute atomic E-state index is 0.123. The highest BCUT2D eigenvalue weighted by Crippen LogP contribution is 2.27. The molecule has 110 valence electrons. The summed E-state index contributed by atoms with van der Waals surface area (Å²) in [5, 5.41) is 1.41. The van der Waals surface area contributed by atoms with Crippen molar-refractivity contribution in [3.05, 3.63) is 46.3 Å². The van der Waals surface area contributed by atoms with Gasteiger partial charge in [-0.1, -0.05) is 17.7 Å². The van der Waals surface area contributed by atoms with Crippen LogP contribution in [0.4, 0.5) is 10.1 Å². The largest absolute Gasteiger partial charge is 0.281 e. The van der Waals surface area contributed by atoms with Crippen molar-refractivity contribution in [3.8, 4) is 0 Å². The van der Waals surface area contributed by atoms with E-state index < -0.39 is 15.8 Å². The fraction of sp³-hybridized carbons (Fsp3) is 0.0833. The molecule has 0 spiro atoms. The Morgan fingerprint density at radius 2 is 2.19 bits per heavy atom. The quantitative estimate of drug-likeness (QED) is 0.792. The molecule has 0 unspecified atom stereocenters. The Morgan fingerprint density at radius 1 is 1.43 bits per heavy atom. The van der Waals surface area contributed by atoms with Gasteiger partial charge in [0.2, 0.25) is 0 Å². The summed E-state index contributed by atoms with van der Waals surface area (Å²) in [5.74, 6) is -0.490. The van der Waals surface area contributed by atoms with Gasteiger partial charge in [0, 0.05) is 11.6 Å². The molecule has 0 saturated heterocycles. The lowest BCUT2D eigenvalue weighted by molar-refractivity contribution is 0.596. The summed E-state index contributed by atoms with van der Waals surface area (Å²) in [7, 11) is -3.97. The van der Waals surface area contributed by atoms with Gasteiger partial charge in [0.15, 0.2) is 15.1 Å². The molecule has 0 radical (unpaired) electrons. The van der Waals surface area contributed by atoms with Gasteiger partial charge >= 0.3 is 0 Å². The topological polar surface area (TPSA) is 63.5 Å². The maximum absolute atomic E-state index is 13.5. The van der Waals surface area contributed by atoms with Crippen LogP contribution in [-0.2, 0) is 10.0 Å². The fourth-order valence-corrected chi connectivity index (χ4v) is 4.34. The number of nitrogens with zero attached hydrogens (tertiary/aromatic N) is 2. The molecule has 9 heteroatoms. The van der Waals surface area contributed by atoms with Crippen molar-refractivity contribution in [2.45, 2.75) is 11.9 Å². The van der Waals surface area contributed by atoms with Crippen molar-refractivity contribution in [1.29, 1.82) is 0 Å². The van der Waals surface area contributed by atoms with Gasteiger partial charge in [-0.25, -0.2) is 9.37 Å². The molecule has 0 amide bonds. The minimum atomic E-state index is -3.97. The number of rotatable bonds is 3. The summed E-state index contributed by atoms with van der Waals surface area (Å²) in [4.78, 5) is 4.43. The zero-order chi connectivity index (χ0) is 15.2. The lowest BCUT2D eigenvalue weighted by Crippen LogP contribution is -2.15. The van der Waals surface area contributed by atoms with E-state index in [2.05, 4.69) is 9.71 Å². The molecule has 2 aromatic heterocycles. The van der Waals surface area contributed by atoms with Crippen LogP contribution in [0.3, 0.4) is 0 Å². The molecule has 3 aromatic rings. The molecule has 0 aliphatic carbocycles. The van der Waals surface area contributed by atoms with E-state index >= 15 is 0 Å². The van der Waals surface area contributed by atoms with E-state index in [9.17, 15) is 12.8 Å². The maximum atomic E-state index is 13.5. The predicted molar refractivity (Wildman–Crippen MR) is 80.0 cm³/mol. The van der Waals surface area contributed by atoms with E-state index in [1.807, 2.05) is 0 Å². The molecule has 5 nitrogen and oxygen atoms in total. The molecular formula is C12H9ClFN3O2S2. The number of thiazole rings is 1. The molecular weight excluding hydrogens is 337 g/mol. The number of imidazole rings is 1. The second-order valence-electron chi connectivity index (χ2n) is 4.33. The van der Waals surface area contributed by atoms with E-state index in [-0.39, 0.29) is 15.9 Å². The number of nitrogens with one attached hydrogen (secondary N) is 1. The normalized spacial score (nSPS) is 12.0. The van der Waals surface area contributed by atoms with Crippen molar-refractivity contribution >= 4 is 43.6 Å². The van der Waals surface area contributed by atoms with Gasteiger partial charge in [0.25, 0.3) is 10.0 Å². The zero-order valence-electron chi connectivity index (χ0n) is 10.7. The standard InChI is InChI=1S/C12H9ClFN3O2S2/c1-7-2-3-8(6-9(7)14)16-21(18,19)11-10(13)15-12-17(11)4-5-20-12/h2-6,16H,1H3. The van der Waals surface area contributed by atoms with Gasteiger partial charge in [-0.15, -0.1) is 11.3 Å². The number of benzene rings is 1. The van der Waals surface area contributed by atoms with Gasteiger partial charge < -0.3 is 0 Å². The first-order valence-electron chi connectivity index (χ1n) is 5.78. The van der Waals surface area contributed by atoms with Crippen LogP contribution in [0, 0.1) is 12.7 Å². The highest BCUT2D eigenvalue weighted by atomic mass is 35.5. The first kappa shape index (κ1) is 14.3. The third-order valence-corrected chi connectivity index (χ3v) is 5.39. The van der Waals surface area contributed by atoms with Crippen LogP contribution >= 0.6 is 22.9 Å². The Morgan fingerprint density at radius 3 is 2.90 bits per heavy atom. The SMILES string of the molecule is Cc1ccc(NS(=O)(=O)c2c(Cl)nc3sccn23)cc1F. The molecule has 21 heavy (non-hydrogen) atoms. The highest BCUT2D eigenvalue weighted by Gasteiger charge is 2.25. The summed E-state index contributed by atoms with van der Waals surface area (Å²) >= 11 is 7.16. The Balaban J connectivity index is 2.06. The number of hydrogen-bond acceptors (Lipinski definition) is 4. The molecule has 0 saturated carbocycles. The smallest absolute Gasteiger partial charge is 0.278 e. The highest BCUT2D eigenvalue weighted by molar-refractivity contribution is 7.92. The van der Waals surface area contributed by atoms with Crippen molar-refractivity contribution < 1.29 is 12.8 Å². The van der Waals surface area contributed by atoms with E-state index in [1.54, 1.807) is 18.5 Å². The fourth-order valence-electron chi connectivity index (χ4n) is 1.84. The number of anilines is 1. The molecule has 0 aliphatic heterocycles. The van der Waals surface area contributed by atoms with Crippen LogP contribution in [0.25, 0.3) is 4.96 Å². The number of hydrogen-bond donors (Lipinski definition) is 1. The number of aromatic nitrogens is 2. The monoisotopic (exact) mass is 345 g/mol. The number of fused-ring (bicyclic) bond motifs is 1. The van der Waals surface area contributed by atoms with Crippen molar-refractivity contribution in [2.75, 3.05) is 4.72 Å². The molecule has 0 atom stereocenters. The van der Waals surface area contributed by atoms with Gasteiger partial charge in [-0.3, -0.25) is 9.12 Å². The lowest BCUT2D eigenvalue weighted by atomic mass is 10.2. The number of aryl methyl sites for hydroxylation is 1. The van der Waals surface area contributed by atoms with Gasteiger partial charge in [-0.2, -0.15) is 8.42 Å². The van der Waals surface area contributed by atoms with Crippen molar-refractivity contribution in [1.82, 2.24) is 9.38 Å². The van der Waals surface area contributed by atoms with E-state index in [1.165, 1.54) is 27.9 Å². The molecule has 1 N–H and O–H groups in total. The predicted octanol–water partition coefficient (Wildman–Crippen LogP) is 3.30. The maximum Gasteiger partial charge on any atom is 0.281 e. The van der Waals surface area contributed by atoms with Crippen LogP contribution in [-0.4, -0.2) is 17.8 Å². The van der Waals surface area contributed by atoms with E-state index in [4.69, 9.17) is 11.6 Å². The van der Waals surface area contributed by atoms with Gasteiger partial charge in [0.05, 0.1) is 5.69 Å². The summed E-state index contributed by atoms with van der Waals surface area (Å²) in [6, 6.07) is 4.09. The summed E-state index contributed by atoms with van der Waals surface area (Å²) in [6.07, 6.45) is 1.56. The second-order valence-corrected chi connectivity index (χ2v) is 7.16. The van der Waals surface area contributed by atoms with E-state index in [0.717, 1.165) is 6.07 Å². The molecule has 3 rings (SSSR count). The van der Waals surface area contributed by atoms with Crippen molar-refractivity contribution in [2.24, 2.45) is 0 Å². The third kappa shape index (κ3) is 2.50. The Bertz CT molecular complexity index is 933. The summed E-state index contributed by atoms with van der Waals surface area (Å²) < 4.78 is 42.0. The van der Waals surface area contributed by atoms with Crippen molar-refractivity contribution in [3.63, 3.8) is 0 Å². The zero-order valence-corrected chi connectivity index (χ0v) is 13.1. The van der Waals surface area contributed by atoms with Crippen LogP contribution in [0.2, 0.25) is 5.15 Å². The lowest BCUT2D eigenvalue weighted by Gasteiger charge is -2.08. The first-order valence-corrected chi connectivity index (χ1v) is 8.52. The molecule has 0 fully saturated rings. The second kappa shape index (κ2) is 4.97. The molecule has 1 aromatic carbocycles. The summed E-state index contributed by atoms with van der Waals surface area (Å²) in [6.45, 7) is 1.59. The average Bonchev–Trinajstić information content (AvgIpc) is 2.92. The van der Waals surface area contributed by atoms with Crippen LogP contribution in [0.1, 0.15) is 5.56 Å². The molecule has 0 aliphatic rings. The Labute approximate surface area is 129 Å². The molecule has 2 heterocycles. The first-order chi connectivity index (χ1) is 9.88. The summed E-state index contributed by atoms with van der Waals surface area (Å²) in [5.41, 5.74) is 0.555. The van der Waals surface area contributed by atoms with Gasteiger partial charge in [-0.05, 0) is 24.6 Å². The third-order valence-electron chi connectivity index (χ3n) is 2.86. The molecule has 0 bridgehead atoms. The Kier molecular flexibility index (Phi) is 3.39. The number of halogens is 2. The van der Waals surface area contributed by atoms with Crippen LogP contribution in [0.5, 0.6) is 0 Å². The van der Waals surface area contributed by atoms with E-state index in [0.29, 0.717) is 10.5 Å². The average molecular weight is 346 g/mol. The minimum Gasteiger partial charge on any atom is -0.278 e. The van der Waals surface area contributed by atoms with Crippen LogP contribution in [0.15, 0.2) is 34.8 Å². The number of sulfonamides is 1. The Hall–Kier alpha value is -1.64. The van der Waals surface area contributed by atoms with Crippen LogP contribution < -0.4 is 4.72 Å².